The highest BCUT2D eigenvalue weighted by molar-refractivity contribution is 5.88. The molecule has 200 valence electrons. The lowest BCUT2D eigenvalue weighted by Crippen LogP contribution is -2.40. The maximum atomic E-state index is 12.2. The molecule has 0 unspecified atom stereocenters. The van der Waals surface area contributed by atoms with Crippen LogP contribution in [0.15, 0.2) is 18.5 Å². The van der Waals surface area contributed by atoms with Gasteiger partial charge in [-0.3, -0.25) is 5.32 Å². The quantitative estimate of drug-likeness (QED) is 0.581. The monoisotopic (exact) mass is 517 g/mol. The topological polar surface area (TPSA) is 156 Å². The first kappa shape index (κ1) is 26.6. The van der Waals surface area contributed by atoms with E-state index in [4.69, 9.17) is 28.4 Å². The van der Waals surface area contributed by atoms with E-state index in [0.717, 1.165) is 0 Å². The highest BCUT2D eigenvalue weighted by Crippen LogP contribution is 2.49. The van der Waals surface area contributed by atoms with Crippen LogP contribution < -0.4 is 5.32 Å². The van der Waals surface area contributed by atoms with Gasteiger partial charge < -0.3 is 28.4 Å². The number of ether oxygens (including phenoxy) is 6. The summed E-state index contributed by atoms with van der Waals surface area (Å²) in [5.41, 5.74) is -1.70. The first-order valence-electron chi connectivity index (χ1n) is 11.9. The highest BCUT2D eigenvalue weighted by atomic mass is 16.8. The van der Waals surface area contributed by atoms with Crippen LogP contribution in [-0.2, 0) is 34.0 Å². The first-order valence-corrected chi connectivity index (χ1v) is 11.9. The number of amides is 1. The summed E-state index contributed by atoms with van der Waals surface area (Å²) in [6.45, 7) is 11.8. The summed E-state index contributed by atoms with van der Waals surface area (Å²) >= 11 is 0. The maximum Gasteiger partial charge on any atom is 0.508 e. The van der Waals surface area contributed by atoms with Gasteiger partial charge in [0.1, 0.15) is 48.4 Å². The zero-order valence-electron chi connectivity index (χ0n) is 21.8. The summed E-state index contributed by atoms with van der Waals surface area (Å²) in [6.07, 6.45) is -3.10. The average Bonchev–Trinajstić information content (AvgIpc) is 3.41. The van der Waals surface area contributed by atoms with Gasteiger partial charge in [-0.25, -0.2) is 19.1 Å². The van der Waals surface area contributed by atoms with E-state index in [2.05, 4.69) is 21.5 Å². The summed E-state index contributed by atoms with van der Waals surface area (Å²) in [7, 11) is 0. The third kappa shape index (κ3) is 5.31. The molecule has 4 rings (SSSR count). The first-order chi connectivity index (χ1) is 17.2. The van der Waals surface area contributed by atoms with Crippen molar-refractivity contribution in [3.63, 3.8) is 0 Å². The maximum absolute atomic E-state index is 12.2. The zero-order valence-corrected chi connectivity index (χ0v) is 21.8. The van der Waals surface area contributed by atoms with Crippen molar-refractivity contribution < 1.29 is 38.0 Å². The number of hydrogen-bond donors (Lipinski definition) is 1. The summed E-state index contributed by atoms with van der Waals surface area (Å²) in [6, 6.07) is 5.51. The van der Waals surface area contributed by atoms with Gasteiger partial charge in [-0.15, -0.1) is 0 Å². The Labute approximate surface area is 213 Å². The Hall–Kier alpha value is -3.47. The van der Waals surface area contributed by atoms with E-state index in [0.29, 0.717) is 11.2 Å². The fourth-order valence-electron chi connectivity index (χ4n) is 4.31. The van der Waals surface area contributed by atoms with Crippen molar-refractivity contribution in [2.45, 2.75) is 89.9 Å². The van der Waals surface area contributed by atoms with Crippen LogP contribution in [0.3, 0.4) is 0 Å². The van der Waals surface area contributed by atoms with E-state index in [9.17, 15) is 14.9 Å². The molecule has 0 bridgehead atoms. The highest BCUT2D eigenvalue weighted by Gasteiger charge is 2.65. The average molecular weight is 518 g/mol. The van der Waals surface area contributed by atoms with Gasteiger partial charge in [0, 0.05) is 0 Å². The minimum Gasteiger partial charge on any atom is -0.447 e. The molecule has 4 atom stereocenters. The smallest absolute Gasteiger partial charge is 0.447 e. The number of anilines is 1. The lowest BCUT2D eigenvalue weighted by molar-refractivity contribution is -0.205. The molecule has 0 aliphatic carbocycles. The number of rotatable bonds is 5. The van der Waals surface area contributed by atoms with E-state index in [-0.39, 0.29) is 18.5 Å². The molecule has 37 heavy (non-hydrogen) atoms. The summed E-state index contributed by atoms with van der Waals surface area (Å²) < 4.78 is 35.5. The van der Waals surface area contributed by atoms with Crippen molar-refractivity contribution in [2.75, 3.05) is 11.9 Å². The van der Waals surface area contributed by atoms with Crippen LogP contribution in [0.2, 0.25) is 0 Å². The third-order valence-electron chi connectivity index (χ3n) is 5.55. The Morgan fingerprint density at radius 2 is 1.97 bits per heavy atom. The standard InChI is InChI=1S/C24H31N5O8/c1-13(2)33-20(30)28-19-14-8-9-16(29(14)27-12-26-19)24(11-25)18-17(35-23(6,7)36-18)15(34-24)10-32-21(31)37-22(3,4)5/h8-9,12-13,15,17-18H,10H2,1-7H3,(H,26,27,28,30)/t15-,17-,18-,24+/m1/s1. The SMILES string of the molecule is CC(C)OC(=O)Nc1ncnn2c([C@]3(C#N)O[C@H](COC(=O)OC(C)(C)C)[C@H]4OC(C)(C)O[C@H]43)ccc12. The molecule has 4 heterocycles. The van der Waals surface area contributed by atoms with E-state index in [1.165, 1.54) is 10.8 Å². The Kier molecular flexibility index (Phi) is 6.78. The summed E-state index contributed by atoms with van der Waals surface area (Å²) in [5.74, 6) is -0.843. The molecule has 0 radical (unpaired) electrons. The van der Waals surface area contributed by atoms with E-state index in [1.54, 1.807) is 60.6 Å². The van der Waals surface area contributed by atoms with Gasteiger partial charge in [-0.1, -0.05) is 0 Å². The van der Waals surface area contributed by atoms with Crippen LogP contribution >= 0.6 is 0 Å². The predicted octanol–water partition coefficient (Wildman–Crippen LogP) is 3.28. The molecule has 2 fully saturated rings. The molecule has 0 spiro atoms. The van der Waals surface area contributed by atoms with Crippen LogP contribution in [0.1, 0.15) is 54.2 Å². The second kappa shape index (κ2) is 9.44. The molecule has 13 nitrogen and oxygen atoms in total. The Morgan fingerprint density at radius 3 is 2.62 bits per heavy atom. The minimum absolute atomic E-state index is 0.184. The number of carbonyl (C=O) groups excluding carboxylic acids is 2. The van der Waals surface area contributed by atoms with Gasteiger partial charge in [-0.2, -0.15) is 10.4 Å². The summed E-state index contributed by atoms with van der Waals surface area (Å²) in [4.78, 5) is 28.4. The van der Waals surface area contributed by atoms with E-state index < -0.39 is 47.5 Å². The van der Waals surface area contributed by atoms with Crippen LogP contribution in [0.5, 0.6) is 0 Å². The molecule has 2 aromatic heterocycles. The molecular weight excluding hydrogens is 486 g/mol. The Bertz CT molecular complexity index is 1230. The van der Waals surface area contributed by atoms with Gasteiger partial charge in [0.05, 0.1) is 11.8 Å². The molecule has 1 N–H and O–H groups in total. The van der Waals surface area contributed by atoms with Crippen molar-refractivity contribution in [1.29, 1.82) is 5.26 Å². The number of fused-ring (bicyclic) bond motifs is 2. The van der Waals surface area contributed by atoms with Crippen molar-refractivity contribution in [3.05, 3.63) is 24.2 Å². The number of nitrogens with one attached hydrogen (secondary N) is 1. The van der Waals surface area contributed by atoms with Crippen molar-refractivity contribution in [1.82, 2.24) is 14.6 Å². The molecule has 2 aliphatic heterocycles. The fourth-order valence-corrected chi connectivity index (χ4v) is 4.31. The second-order valence-corrected chi connectivity index (χ2v) is 10.5. The van der Waals surface area contributed by atoms with Crippen LogP contribution in [0.25, 0.3) is 5.52 Å². The number of aromatic nitrogens is 3. The third-order valence-corrected chi connectivity index (χ3v) is 5.55. The lowest BCUT2D eigenvalue weighted by Gasteiger charge is -2.29. The molecule has 2 aromatic rings. The number of nitriles is 1. The molecule has 2 saturated heterocycles. The predicted molar refractivity (Wildman–Crippen MR) is 126 cm³/mol. The summed E-state index contributed by atoms with van der Waals surface area (Å²) in [5, 5.41) is 17.3. The molecule has 13 heteroatoms. The van der Waals surface area contributed by atoms with Crippen molar-refractivity contribution in [3.8, 4) is 6.07 Å². The number of hydrogen-bond acceptors (Lipinski definition) is 11. The van der Waals surface area contributed by atoms with Crippen LogP contribution in [0.4, 0.5) is 15.4 Å². The second-order valence-electron chi connectivity index (χ2n) is 10.5. The van der Waals surface area contributed by atoms with Gasteiger partial charge in [0.25, 0.3) is 0 Å². The zero-order chi connectivity index (χ0) is 27.2. The van der Waals surface area contributed by atoms with E-state index >= 15 is 0 Å². The molecule has 2 aliphatic rings. The van der Waals surface area contributed by atoms with E-state index in [1.807, 2.05) is 0 Å². The molecule has 1 amide bonds. The fraction of sp³-hybridized carbons (Fsp3) is 0.625. The van der Waals surface area contributed by atoms with Gasteiger partial charge >= 0.3 is 12.2 Å². The van der Waals surface area contributed by atoms with Gasteiger partial charge in [-0.05, 0) is 60.6 Å². The van der Waals surface area contributed by atoms with Gasteiger partial charge in [0.15, 0.2) is 11.6 Å². The lowest BCUT2D eigenvalue weighted by atomic mass is 9.92. The normalized spacial score (nSPS) is 26.5. The van der Waals surface area contributed by atoms with Gasteiger partial charge in [0.2, 0.25) is 5.60 Å². The largest absolute Gasteiger partial charge is 0.508 e. The molecule has 0 saturated carbocycles. The number of nitrogens with zero attached hydrogens (tertiary/aromatic N) is 4. The van der Waals surface area contributed by atoms with Crippen LogP contribution in [-0.4, -0.2) is 69.3 Å². The Morgan fingerprint density at radius 1 is 1.24 bits per heavy atom. The number of carbonyl (C=O) groups is 2. The van der Waals surface area contributed by atoms with Crippen molar-refractivity contribution >= 4 is 23.6 Å². The van der Waals surface area contributed by atoms with Crippen molar-refractivity contribution in [2.24, 2.45) is 0 Å². The molecule has 0 aromatic carbocycles. The Balaban J connectivity index is 1.66. The minimum atomic E-state index is -1.68. The molecular formula is C24H31N5O8. The van der Waals surface area contributed by atoms with Crippen LogP contribution in [0, 0.1) is 11.3 Å².